The molecular weight excluding hydrogens is 264 g/mol. The summed E-state index contributed by atoms with van der Waals surface area (Å²) in [7, 11) is 2.62. The Morgan fingerprint density at radius 1 is 0.800 bits per heavy atom. The maximum Gasteiger partial charge on any atom is 0.319 e. The zero-order valence-corrected chi connectivity index (χ0v) is 11.1. The zero-order valence-electron chi connectivity index (χ0n) is 11.1. The van der Waals surface area contributed by atoms with Gasteiger partial charge in [0.2, 0.25) is 0 Å². The van der Waals surface area contributed by atoms with Crippen molar-refractivity contribution in [3.63, 3.8) is 0 Å². The highest BCUT2D eigenvalue weighted by molar-refractivity contribution is 5.94. The monoisotopic (exact) mass is 278 g/mol. The predicted octanol–water partition coefficient (Wildman–Crippen LogP) is -0.0204. The molecule has 4 aliphatic heterocycles. The molecule has 6 nitrogen and oxygen atoms in total. The highest BCUT2D eigenvalue weighted by atomic mass is 16.6. The summed E-state index contributed by atoms with van der Waals surface area (Å²) in [5, 5.41) is 0. The van der Waals surface area contributed by atoms with Crippen LogP contribution in [0.2, 0.25) is 0 Å². The number of hydrogen-bond donors (Lipinski definition) is 0. The number of esters is 2. The van der Waals surface area contributed by atoms with E-state index in [1.165, 1.54) is 14.2 Å². The summed E-state index contributed by atoms with van der Waals surface area (Å²) < 4.78 is 21.7. The Morgan fingerprint density at radius 3 is 1.35 bits per heavy atom. The Balaban J connectivity index is 2.01. The van der Waals surface area contributed by atoms with E-state index in [2.05, 4.69) is 0 Å². The van der Waals surface area contributed by atoms with Gasteiger partial charge < -0.3 is 18.9 Å². The first-order valence-electron chi connectivity index (χ1n) is 6.48. The number of carbonyl (C=O) groups is 2. The zero-order chi connectivity index (χ0) is 14.1. The highest BCUT2D eigenvalue weighted by Crippen LogP contribution is 2.69. The minimum Gasteiger partial charge on any atom is -0.468 e. The van der Waals surface area contributed by atoms with Gasteiger partial charge in [-0.05, 0) is 0 Å². The SMILES string of the molecule is COC(=O)C12[C@H]3C=C[C@@H](O3)C1(C(=O)OC)[C@H]1C=C[C@H]2O1. The third-order valence-electron chi connectivity index (χ3n) is 5.03. The summed E-state index contributed by atoms with van der Waals surface area (Å²) in [4.78, 5) is 25.1. The van der Waals surface area contributed by atoms with Crippen LogP contribution in [0.15, 0.2) is 24.3 Å². The van der Waals surface area contributed by atoms with Gasteiger partial charge in [-0.25, -0.2) is 0 Å². The van der Waals surface area contributed by atoms with Gasteiger partial charge in [0.15, 0.2) is 0 Å². The molecule has 0 aromatic carbocycles. The van der Waals surface area contributed by atoms with Crippen molar-refractivity contribution in [1.82, 2.24) is 0 Å². The van der Waals surface area contributed by atoms with E-state index in [1.807, 2.05) is 0 Å². The number of carbonyl (C=O) groups excluding carboxylic acids is 2. The Hall–Kier alpha value is -1.66. The van der Waals surface area contributed by atoms with Gasteiger partial charge in [0, 0.05) is 0 Å². The maximum absolute atomic E-state index is 12.6. The maximum atomic E-state index is 12.6. The third-order valence-corrected chi connectivity index (χ3v) is 5.03. The quantitative estimate of drug-likeness (QED) is 0.522. The van der Waals surface area contributed by atoms with E-state index in [9.17, 15) is 9.59 Å². The standard InChI is InChI=1S/C14H14O6/c1-17-11(15)13-7-3-5-9(19-7)14(13,12(16)18-2)10-6-4-8(13)20-10/h3-10H,1-2H3/t7-,8-,9-,10-,13?,14?/m1/s1. The van der Waals surface area contributed by atoms with Gasteiger partial charge in [-0.15, -0.1) is 0 Å². The molecule has 0 spiro atoms. The first kappa shape index (κ1) is 12.1. The Kier molecular flexibility index (Phi) is 2.12. The molecule has 6 heteroatoms. The van der Waals surface area contributed by atoms with Crippen molar-refractivity contribution in [3.8, 4) is 0 Å². The van der Waals surface area contributed by atoms with E-state index in [0.29, 0.717) is 0 Å². The van der Waals surface area contributed by atoms with Crippen molar-refractivity contribution in [3.05, 3.63) is 24.3 Å². The second kappa shape index (κ2) is 3.51. The van der Waals surface area contributed by atoms with E-state index in [-0.39, 0.29) is 0 Å². The van der Waals surface area contributed by atoms with E-state index < -0.39 is 47.2 Å². The van der Waals surface area contributed by atoms with Crippen LogP contribution in [0, 0.1) is 10.8 Å². The highest BCUT2D eigenvalue weighted by Gasteiger charge is 2.85. The number of hydrogen-bond acceptors (Lipinski definition) is 6. The van der Waals surface area contributed by atoms with Crippen molar-refractivity contribution in [2.75, 3.05) is 14.2 Å². The van der Waals surface area contributed by atoms with Crippen molar-refractivity contribution in [2.24, 2.45) is 10.8 Å². The first-order valence-corrected chi connectivity index (χ1v) is 6.48. The molecule has 2 fully saturated rings. The molecule has 4 bridgehead atoms. The van der Waals surface area contributed by atoms with Crippen LogP contribution in [0.4, 0.5) is 0 Å². The molecule has 0 radical (unpaired) electrons. The average molecular weight is 278 g/mol. The number of fused-ring (bicyclic) bond motifs is 9. The van der Waals surface area contributed by atoms with Crippen molar-refractivity contribution < 1.29 is 28.5 Å². The van der Waals surface area contributed by atoms with Crippen LogP contribution in [0.5, 0.6) is 0 Å². The molecule has 0 aromatic heterocycles. The summed E-state index contributed by atoms with van der Waals surface area (Å²) in [6.45, 7) is 0. The van der Waals surface area contributed by atoms with Gasteiger partial charge in [0.1, 0.15) is 10.8 Å². The van der Waals surface area contributed by atoms with Crippen LogP contribution in [0.1, 0.15) is 0 Å². The Morgan fingerprint density at radius 2 is 1.10 bits per heavy atom. The third kappa shape index (κ3) is 0.901. The first-order chi connectivity index (χ1) is 9.63. The summed E-state index contributed by atoms with van der Waals surface area (Å²) in [5.74, 6) is -0.979. The molecule has 0 aliphatic carbocycles. The number of methoxy groups -OCH3 is 2. The lowest BCUT2D eigenvalue weighted by Gasteiger charge is -2.42. The largest absolute Gasteiger partial charge is 0.468 e. The van der Waals surface area contributed by atoms with Crippen molar-refractivity contribution in [2.45, 2.75) is 24.4 Å². The van der Waals surface area contributed by atoms with Crippen molar-refractivity contribution >= 4 is 11.9 Å². The lowest BCUT2D eigenvalue weighted by atomic mass is 9.53. The normalized spacial score (nSPS) is 49.5. The number of rotatable bonds is 2. The molecule has 4 rings (SSSR count). The number of ether oxygens (including phenoxy) is 4. The van der Waals surface area contributed by atoms with Crippen LogP contribution in [-0.2, 0) is 28.5 Å². The van der Waals surface area contributed by atoms with Gasteiger partial charge in [-0.3, -0.25) is 9.59 Å². The average Bonchev–Trinajstić information content (AvgIpc) is 3.21. The molecule has 4 heterocycles. The lowest BCUT2D eigenvalue weighted by molar-refractivity contribution is -0.174. The van der Waals surface area contributed by atoms with E-state index in [0.717, 1.165) is 0 Å². The van der Waals surface area contributed by atoms with Crippen LogP contribution >= 0.6 is 0 Å². The molecule has 106 valence electrons. The smallest absolute Gasteiger partial charge is 0.319 e. The van der Waals surface area contributed by atoms with Gasteiger partial charge in [-0.2, -0.15) is 0 Å². The van der Waals surface area contributed by atoms with Crippen molar-refractivity contribution in [1.29, 1.82) is 0 Å². The molecule has 0 unspecified atom stereocenters. The van der Waals surface area contributed by atoms with E-state index in [1.54, 1.807) is 24.3 Å². The van der Waals surface area contributed by atoms with Gasteiger partial charge >= 0.3 is 11.9 Å². The Bertz CT molecular complexity index is 488. The fraction of sp³-hybridized carbons (Fsp3) is 0.571. The van der Waals surface area contributed by atoms with E-state index in [4.69, 9.17) is 18.9 Å². The van der Waals surface area contributed by atoms with Gasteiger partial charge in [-0.1, -0.05) is 24.3 Å². The van der Waals surface area contributed by atoms with Crippen LogP contribution in [-0.4, -0.2) is 50.6 Å². The predicted molar refractivity (Wildman–Crippen MR) is 64.5 cm³/mol. The minimum atomic E-state index is -1.19. The molecule has 4 atom stereocenters. The van der Waals surface area contributed by atoms with E-state index >= 15 is 0 Å². The lowest BCUT2D eigenvalue weighted by Crippen LogP contribution is -2.62. The fourth-order valence-electron chi connectivity index (χ4n) is 4.34. The van der Waals surface area contributed by atoms with Crippen LogP contribution in [0.3, 0.4) is 0 Å². The second-order valence-electron chi connectivity index (χ2n) is 5.45. The summed E-state index contributed by atoms with van der Waals surface area (Å²) in [6, 6.07) is 0. The molecular formula is C14H14O6. The summed E-state index contributed by atoms with van der Waals surface area (Å²) >= 11 is 0. The summed E-state index contributed by atoms with van der Waals surface area (Å²) in [5.41, 5.74) is -2.37. The topological polar surface area (TPSA) is 71.1 Å². The molecule has 0 aromatic rings. The van der Waals surface area contributed by atoms with Crippen LogP contribution < -0.4 is 0 Å². The molecule has 0 saturated carbocycles. The van der Waals surface area contributed by atoms with Crippen LogP contribution in [0.25, 0.3) is 0 Å². The van der Waals surface area contributed by atoms with Gasteiger partial charge in [0.25, 0.3) is 0 Å². The Labute approximate surface area is 115 Å². The molecule has 2 saturated heterocycles. The molecule has 20 heavy (non-hydrogen) atoms. The molecule has 4 aliphatic rings. The minimum absolute atomic E-state index is 0.489. The van der Waals surface area contributed by atoms with Gasteiger partial charge in [0.05, 0.1) is 38.6 Å². The molecule has 0 N–H and O–H groups in total. The molecule has 0 amide bonds. The summed E-state index contributed by atoms with van der Waals surface area (Å²) in [6.07, 6.45) is 5.11. The second-order valence-corrected chi connectivity index (χ2v) is 5.45. The fourth-order valence-corrected chi connectivity index (χ4v) is 4.34.